The fourth-order valence-corrected chi connectivity index (χ4v) is 6.50. The van der Waals surface area contributed by atoms with Crippen LogP contribution in [0.25, 0.3) is 11.8 Å². The molecule has 41 heavy (non-hydrogen) atoms. The molecule has 2 aliphatic rings. The minimum Gasteiger partial charge on any atom is -0.463 e. The maximum absolute atomic E-state index is 14.0. The summed E-state index contributed by atoms with van der Waals surface area (Å²) in [6.07, 6.45) is 1.68. The van der Waals surface area contributed by atoms with Crippen LogP contribution in [0.15, 0.2) is 84.9 Å². The topological polar surface area (TPSA) is 86.3 Å². The van der Waals surface area contributed by atoms with Crippen LogP contribution in [0.4, 0.5) is 10.3 Å². The molecule has 0 N–H and O–H groups in total. The average molecular weight is 639 g/mol. The fraction of sp³-hybridized carbons (Fsp3) is 0.233. The van der Waals surface area contributed by atoms with E-state index in [0.29, 0.717) is 64.1 Å². The standard InChI is InChI=1S/C30H25BrFN3O5S/c1-2-39-29(37)24-25(18-6-4-3-5-7-18)33-30-35(26(24)19-8-10-20(32)11-9-19)27(36)23(41-30)17-21-16-22(31)28(40-21)34-12-14-38-15-13-34/h3-11,16-17,26H,2,12-15H2,1H3/b23-17+/t26-/m1/s1. The zero-order valence-electron chi connectivity index (χ0n) is 22.0. The molecule has 1 atom stereocenters. The number of anilines is 1. The van der Waals surface area contributed by atoms with Gasteiger partial charge in [0.05, 0.1) is 46.1 Å². The second-order valence-electron chi connectivity index (χ2n) is 9.38. The van der Waals surface area contributed by atoms with E-state index in [2.05, 4.69) is 20.8 Å². The first-order valence-electron chi connectivity index (χ1n) is 13.1. The quantitative estimate of drug-likeness (QED) is 0.294. The van der Waals surface area contributed by atoms with Crippen LogP contribution in [0.2, 0.25) is 0 Å². The molecule has 0 radical (unpaired) electrons. The Morgan fingerprint density at radius 2 is 1.90 bits per heavy atom. The van der Waals surface area contributed by atoms with E-state index in [1.807, 2.05) is 36.4 Å². The molecule has 8 nitrogen and oxygen atoms in total. The molecule has 2 aliphatic heterocycles. The first kappa shape index (κ1) is 27.4. The van der Waals surface area contributed by atoms with E-state index < -0.39 is 17.8 Å². The molecule has 2 aromatic heterocycles. The van der Waals surface area contributed by atoms with E-state index in [1.54, 1.807) is 25.1 Å². The van der Waals surface area contributed by atoms with Crippen molar-refractivity contribution < 1.29 is 23.1 Å². The van der Waals surface area contributed by atoms with E-state index >= 15 is 0 Å². The highest BCUT2D eigenvalue weighted by Gasteiger charge is 2.35. The van der Waals surface area contributed by atoms with Crippen molar-refractivity contribution in [3.8, 4) is 0 Å². The summed E-state index contributed by atoms with van der Waals surface area (Å²) in [4.78, 5) is 34.8. The monoisotopic (exact) mass is 637 g/mol. The Morgan fingerprint density at radius 1 is 1.17 bits per heavy atom. The van der Waals surface area contributed by atoms with Gasteiger partial charge in [0.15, 0.2) is 4.80 Å². The number of hydrogen-bond acceptors (Lipinski definition) is 8. The van der Waals surface area contributed by atoms with Crippen molar-refractivity contribution in [1.82, 2.24) is 4.57 Å². The highest BCUT2D eigenvalue weighted by Crippen LogP contribution is 2.35. The van der Waals surface area contributed by atoms with E-state index in [9.17, 15) is 14.0 Å². The molecule has 0 unspecified atom stereocenters. The lowest BCUT2D eigenvalue weighted by atomic mass is 9.93. The van der Waals surface area contributed by atoms with E-state index in [-0.39, 0.29) is 17.7 Å². The SMILES string of the molecule is CCOC(=O)C1=C(c2ccccc2)N=c2s/c(=C/c3cc(Br)c(N4CCOCC4)o3)c(=O)n2[C@@H]1c1ccc(F)cc1. The smallest absolute Gasteiger partial charge is 0.338 e. The van der Waals surface area contributed by atoms with Crippen molar-refractivity contribution >= 4 is 50.9 Å². The summed E-state index contributed by atoms with van der Waals surface area (Å²) in [5.41, 5.74) is 1.52. The molecule has 0 amide bonds. The van der Waals surface area contributed by atoms with Crippen molar-refractivity contribution in [2.24, 2.45) is 4.99 Å². The second-order valence-corrected chi connectivity index (χ2v) is 11.2. The molecule has 4 aromatic rings. The number of esters is 1. The number of thiazole rings is 1. The summed E-state index contributed by atoms with van der Waals surface area (Å²) < 4.78 is 33.6. The Kier molecular flexibility index (Phi) is 7.74. The van der Waals surface area contributed by atoms with E-state index in [0.717, 1.165) is 4.47 Å². The molecule has 0 bridgehead atoms. The van der Waals surface area contributed by atoms with Crippen molar-refractivity contribution in [2.75, 3.05) is 37.8 Å². The number of carbonyl (C=O) groups is 1. The van der Waals surface area contributed by atoms with Gasteiger partial charge >= 0.3 is 5.97 Å². The van der Waals surface area contributed by atoms with Crippen LogP contribution < -0.4 is 19.8 Å². The molecule has 0 spiro atoms. The number of aromatic nitrogens is 1. The fourth-order valence-electron chi connectivity index (χ4n) is 4.96. The molecular weight excluding hydrogens is 613 g/mol. The summed E-state index contributed by atoms with van der Waals surface area (Å²) in [5, 5.41) is 0. The van der Waals surface area contributed by atoms with Gasteiger partial charge in [0.1, 0.15) is 11.6 Å². The van der Waals surface area contributed by atoms with Crippen LogP contribution in [0.3, 0.4) is 0 Å². The predicted molar refractivity (Wildman–Crippen MR) is 157 cm³/mol. The number of carbonyl (C=O) groups excluding carboxylic acids is 1. The van der Waals surface area contributed by atoms with Crippen LogP contribution in [-0.4, -0.2) is 43.4 Å². The van der Waals surface area contributed by atoms with Gasteiger partial charge < -0.3 is 18.8 Å². The molecule has 4 heterocycles. The molecule has 210 valence electrons. The first-order chi connectivity index (χ1) is 19.9. The Balaban J connectivity index is 1.55. The summed E-state index contributed by atoms with van der Waals surface area (Å²) in [6.45, 7) is 4.47. The lowest BCUT2D eigenvalue weighted by molar-refractivity contribution is -0.138. The number of rotatable bonds is 6. The summed E-state index contributed by atoms with van der Waals surface area (Å²) in [6, 6.07) is 16.0. The average Bonchev–Trinajstić information content (AvgIpc) is 3.51. The van der Waals surface area contributed by atoms with Gasteiger partial charge in [-0.2, -0.15) is 0 Å². The maximum atomic E-state index is 14.0. The molecule has 11 heteroatoms. The molecular formula is C30H25BrFN3O5S. The highest BCUT2D eigenvalue weighted by molar-refractivity contribution is 9.10. The van der Waals surface area contributed by atoms with Crippen molar-refractivity contribution in [3.63, 3.8) is 0 Å². The number of nitrogens with zero attached hydrogens (tertiary/aromatic N) is 3. The first-order valence-corrected chi connectivity index (χ1v) is 14.7. The van der Waals surface area contributed by atoms with Gasteiger partial charge in [-0.25, -0.2) is 14.2 Å². The number of halogens is 2. The maximum Gasteiger partial charge on any atom is 0.338 e. The lowest BCUT2D eigenvalue weighted by Crippen LogP contribution is -2.40. The van der Waals surface area contributed by atoms with Gasteiger partial charge in [0, 0.05) is 30.8 Å². The Bertz CT molecular complexity index is 1800. The third kappa shape index (κ3) is 5.32. The van der Waals surface area contributed by atoms with Crippen LogP contribution in [0, 0.1) is 5.82 Å². The summed E-state index contributed by atoms with van der Waals surface area (Å²) in [7, 11) is 0. The normalized spacial score (nSPS) is 17.4. The Labute approximate surface area is 246 Å². The number of fused-ring (bicyclic) bond motifs is 1. The van der Waals surface area contributed by atoms with Gasteiger partial charge in [-0.1, -0.05) is 53.8 Å². The number of furan rings is 1. The predicted octanol–water partition coefficient (Wildman–Crippen LogP) is 4.27. The minimum absolute atomic E-state index is 0.143. The van der Waals surface area contributed by atoms with Crippen LogP contribution >= 0.6 is 27.3 Å². The molecule has 0 aliphatic carbocycles. The van der Waals surface area contributed by atoms with Crippen LogP contribution in [-0.2, 0) is 14.3 Å². The Hall–Kier alpha value is -3.80. The molecule has 1 fully saturated rings. The zero-order chi connectivity index (χ0) is 28.5. The minimum atomic E-state index is -0.879. The lowest BCUT2D eigenvalue weighted by Gasteiger charge is -2.26. The van der Waals surface area contributed by atoms with Gasteiger partial charge in [-0.3, -0.25) is 9.36 Å². The van der Waals surface area contributed by atoms with E-state index in [1.165, 1.54) is 28.0 Å². The largest absolute Gasteiger partial charge is 0.463 e. The van der Waals surface area contributed by atoms with E-state index in [4.69, 9.17) is 18.9 Å². The van der Waals surface area contributed by atoms with Crippen molar-refractivity contribution in [1.29, 1.82) is 0 Å². The van der Waals surface area contributed by atoms with Gasteiger partial charge in [0.25, 0.3) is 5.56 Å². The number of morpholine rings is 1. The van der Waals surface area contributed by atoms with Crippen molar-refractivity contribution in [3.05, 3.63) is 113 Å². The zero-order valence-corrected chi connectivity index (χ0v) is 24.4. The van der Waals surface area contributed by atoms with Gasteiger partial charge in [-0.05, 0) is 40.5 Å². The number of benzene rings is 2. The highest BCUT2D eigenvalue weighted by atomic mass is 79.9. The summed E-state index contributed by atoms with van der Waals surface area (Å²) >= 11 is 4.77. The number of hydrogen-bond donors (Lipinski definition) is 0. The van der Waals surface area contributed by atoms with Crippen molar-refractivity contribution in [2.45, 2.75) is 13.0 Å². The Morgan fingerprint density at radius 3 is 2.61 bits per heavy atom. The second kappa shape index (κ2) is 11.6. The molecule has 0 saturated carbocycles. The third-order valence-electron chi connectivity index (χ3n) is 6.82. The molecule has 2 aromatic carbocycles. The van der Waals surface area contributed by atoms with Crippen LogP contribution in [0.1, 0.15) is 29.9 Å². The molecule has 6 rings (SSSR count). The summed E-state index contributed by atoms with van der Waals surface area (Å²) in [5.74, 6) is 0.150. The molecule has 1 saturated heterocycles. The van der Waals surface area contributed by atoms with Gasteiger partial charge in [0.2, 0.25) is 5.88 Å². The van der Waals surface area contributed by atoms with Gasteiger partial charge in [-0.15, -0.1) is 0 Å². The number of ether oxygens (including phenoxy) is 2. The van der Waals surface area contributed by atoms with Crippen LogP contribution in [0.5, 0.6) is 0 Å². The third-order valence-corrected chi connectivity index (χ3v) is 8.37.